The average molecular weight is 415 g/mol. The second kappa shape index (κ2) is 7.99. The van der Waals surface area contributed by atoms with E-state index in [1.54, 1.807) is 6.92 Å². The summed E-state index contributed by atoms with van der Waals surface area (Å²) in [5, 5.41) is 23.5. The highest BCUT2D eigenvalue weighted by atomic mass is 19.1. The minimum atomic E-state index is -1.06. The number of nitrogens with zero attached hydrogens (tertiary/aromatic N) is 2. The lowest BCUT2D eigenvalue weighted by molar-refractivity contribution is -0.385. The summed E-state index contributed by atoms with van der Waals surface area (Å²) < 4.78 is 18.3. The van der Waals surface area contributed by atoms with E-state index in [9.17, 15) is 34.0 Å². The van der Waals surface area contributed by atoms with Crippen molar-refractivity contribution in [2.45, 2.75) is 6.92 Å². The number of imide groups is 2. The van der Waals surface area contributed by atoms with Crippen LogP contribution in [0.3, 0.4) is 0 Å². The highest BCUT2D eigenvalue weighted by Gasteiger charge is 2.37. The number of phenols is 1. The number of carbonyl (C=O) groups is 3. The molecule has 1 saturated heterocycles. The van der Waals surface area contributed by atoms with Crippen LogP contribution in [0.4, 0.5) is 20.6 Å². The van der Waals surface area contributed by atoms with Crippen LogP contribution in [0.1, 0.15) is 12.5 Å². The molecule has 0 aliphatic carbocycles. The summed E-state index contributed by atoms with van der Waals surface area (Å²) in [6.07, 6.45) is 0.908. The summed E-state index contributed by atoms with van der Waals surface area (Å²) >= 11 is 0. The zero-order chi connectivity index (χ0) is 22.0. The molecule has 1 fully saturated rings. The molecule has 154 valence electrons. The van der Waals surface area contributed by atoms with Crippen molar-refractivity contribution in [2.75, 3.05) is 11.5 Å². The molecule has 0 bridgehead atoms. The number of rotatable bonds is 5. The summed E-state index contributed by atoms with van der Waals surface area (Å²) in [5.74, 6) is -3.46. The van der Waals surface area contributed by atoms with Gasteiger partial charge in [0.05, 0.1) is 23.3 Å². The lowest BCUT2D eigenvalue weighted by atomic mass is 10.0. The van der Waals surface area contributed by atoms with E-state index in [1.807, 2.05) is 5.32 Å². The molecular weight excluding hydrogens is 401 g/mol. The molecular formula is C19H14FN3O7. The standard InChI is InChI=1S/C19H14FN3O7/c1-2-30-15-9-13(23(28)29)7-10(16(15)24)8-14-17(25)21-19(27)22(18(14)26)12-5-3-11(20)4-6-12/h3-9,24H,2H2,1H3,(H,21,25,27)/b14-8+. The monoisotopic (exact) mass is 415 g/mol. The number of hydrogen-bond acceptors (Lipinski definition) is 7. The maximum absolute atomic E-state index is 13.2. The fourth-order valence-corrected chi connectivity index (χ4v) is 2.73. The van der Waals surface area contributed by atoms with Crippen molar-refractivity contribution in [2.24, 2.45) is 0 Å². The number of anilines is 1. The number of carbonyl (C=O) groups excluding carboxylic acids is 3. The van der Waals surface area contributed by atoms with Gasteiger partial charge in [0.1, 0.15) is 11.4 Å². The molecule has 0 atom stereocenters. The third kappa shape index (κ3) is 3.81. The van der Waals surface area contributed by atoms with Crippen LogP contribution in [0.2, 0.25) is 0 Å². The maximum atomic E-state index is 13.2. The number of aromatic hydroxyl groups is 1. The number of nitrogens with one attached hydrogen (secondary N) is 1. The van der Waals surface area contributed by atoms with Crippen molar-refractivity contribution in [3.63, 3.8) is 0 Å². The molecule has 3 rings (SSSR count). The van der Waals surface area contributed by atoms with Crippen molar-refractivity contribution in [3.8, 4) is 11.5 Å². The van der Waals surface area contributed by atoms with Crippen LogP contribution < -0.4 is 15.0 Å². The Morgan fingerprint density at radius 2 is 1.90 bits per heavy atom. The second-order valence-corrected chi connectivity index (χ2v) is 6.01. The van der Waals surface area contributed by atoms with Gasteiger partial charge < -0.3 is 9.84 Å². The van der Waals surface area contributed by atoms with E-state index in [1.165, 1.54) is 0 Å². The Labute approximate surface area is 168 Å². The maximum Gasteiger partial charge on any atom is 0.335 e. The van der Waals surface area contributed by atoms with Gasteiger partial charge in [-0.05, 0) is 37.3 Å². The molecule has 0 aromatic heterocycles. The first-order valence-electron chi connectivity index (χ1n) is 8.54. The Morgan fingerprint density at radius 1 is 1.23 bits per heavy atom. The number of phenolic OH excluding ortho intramolecular Hbond substituents is 1. The Balaban J connectivity index is 2.10. The van der Waals surface area contributed by atoms with Crippen LogP contribution in [0.15, 0.2) is 42.0 Å². The molecule has 0 saturated carbocycles. The molecule has 11 heteroatoms. The summed E-state index contributed by atoms with van der Waals surface area (Å²) in [6, 6.07) is 5.28. The largest absolute Gasteiger partial charge is 0.504 e. The lowest BCUT2D eigenvalue weighted by Gasteiger charge is -2.26. The lowest BCUT2D eigenvalue weighted by Crippen LogP contribution is -2.54. The van der Waals surface area contributed by atoms with Crippen molar-refractivity contribution in [1.29, 1.82) is 0 Å². The summed E-state index contributed by atoms with van der Waals surface area (Å²) in [7, 11) is 0. The Bertz CT molecular complexity index is 1100. The number of barbiturate groups is 1. The molecule has 30 heavy (non-hydrogen) atoms. The van der Waals surface area contributed by atoms with Gasteiger partial charge in [-0.2, -0.15) is 0 Å². The molecule has 1 aliphatic rings. The van der Waals surface area contributed by atoms with Gasteiger partial charge in [-0.1, -0.05) is 0 Å². The van der Waals surface area contributed by atoms with E-state index < -0.39 is 45.6 Å². The molecule has 2 aromatic rings. The highest BCUT2D eigenvalue weighted by molar-refractivity contribution is 6.39. The van der Waals surface area contributed by atoms with Crippen molar-refractivity contribution >= 4 is 35.3 Å². The predicted octanol–water partition coefficient (Wildman–Crippen LogP) is 2.50. The van der Waals surface area contributed by atoms with Crippen molar-refractivity contribution < 1.29 is 33.5 Å². The number of amides is 4. The fourth-order valence-electron chi connectivity index (χ4n) is 2.73. The third-order valence-electron chi connectivity index (χ3n) is 4.09. The first kappa shape index (κ1) is 20.5. The Morgan fingerprint density at radius 3 is 2.50 bits per heavy atom. The van der Waals surface area contributed by atoms with Gasteiger partial charge in [-0.25, -0.2) is 14.1 Å². The zero-order valence-corrected chi connectivity index (χ0v) is 15.4. The SMILES string of the molecule is CCOc1cc([N+](=O)[O-])cc(/C=C2\C(=O)NC(=O)N(c3ccc(F)cc3)C2=O)c1O. The minimum absolute atomic E-state index is 0.00410. The van der Waals surface area contributed by atoms with Crippen molar-refractivity contribution in [3.05, 3.63) is 63.5 Å². The topological polar surface area (TPSA) is 139 Å². The predicted molar refractivity (Wildman–Crippen MR) is 101 cm³/mol. The Kier molecular flexibility index (Phi) is 5.45. The normalized spacial score (nSPS) is 15.3. The fraction of sp³-hybridized carbons (Fsp3) is 0.105. The first-order chi connectivity index (χ1) is 14.2. The highest BCUT2D eigenvalue weighted by Crippen LogP contribution is 2.36. The average Bonchev–Trinajstić information content (AvgIpc) is 2.69. The van der Waals surface area contributed by atoms with Crippen LogP contribution in [0.5, 0.6) is 11.5 Å². The molecule has 0 unspecified atom stereocenters. The number of benzene rings is 2. The van der Waals surface area contributed by atoms with Crippen LogP contribution in [-0.2, 0) is 9.59 Å². The number of ether oxygens (including phenoxy) is 1. The summed E-state index contributed by atoms with van der Waals surface area (Å²) in [4.78, 5) is 48.2. The number of urea groups is 1. The number of non-ortho nitro benzene ring substituents is 1. The van der Waals surface area contributed by atoms with Crippen LogP contribution in [0, 0.1) is 15.9 Å². The van der Waals surface area contributed by atoms with E-state index >= 15 is 0 Å². The third-order valence-corrected chi connectivity index (χ3v) is 4.09. The van der Waals surface area contributed by atoms with Crippen LogP contribution >= 0.6 is 0 Å². The van der Waals surface area contributed by atoms with E-state index in [0.717, 1.165) is 42.5 Å². The van der Waals surface area contributed by atoms with E-state index in [2.05, 4.69) is 0 Å². The molecule has 1 aliphatic heterocycles. The van der Waals surface area contributed by atoms with Crippen LogP contribution in [-0.4, -0.2) is 34.5 Å². The summed E-state index contributed by atoms with van der Waals surface area (Å²) in [5.41, 5.74) is -1.26. The van der Waals surface area contributed by atoms with Gasteiger partial charge in [-0.15, -0.1) is 0 Å². The zero-order valence-electron chi connectivity index (χ0n) is 15.4. The van der Waals surface area contributed by atoms with Crippen molar-refractivity contribution in [1.82, 2.24) is 5.32 Å². The van der Waals surface area contributed by atoms with Crippen LogP contribution in [0.25, 0.3) is 6.08 Å². The molecule has 4 amide bonds. The number of nitro benzene ring substituents is 1. The molecule has 10 nitrogen and oxygen atoms in total. The number of nitro groups is 1. The van der Waals surface area contributed by atoms with Gasteiger partial charge in [0, 0.05) is 11.6 Å². The summed E-state index contributed by atoms with van der Waals surface area (Å²) in [6.45, 7) is 1.69. The van der Waals surface area contributed by atoms with Gasteiger partial charge in [0.2, 0.25) is 0 Å². The molecule has 1 heterocycles. The molecule has 2 aromatic carbocycles. The Hall–Kier alpha value is -4.28. The van der Waals surface area contributed by atoms with Gasteiger partial charge >= 0.3 is 6.03 Å². The molecule has 0 spiro atoms. The quantitative estimate of drug-likeness (QED) is 0.331. The number of hydrogen-bond donors (Lipinski definition) is 2. The number of halogens is 1. The van der Waals surface area contributed by atoms with E-state index in [4.69, 9.17) is 4.74 Å². The second-order valence-electron chi connectivity index (χ2n) is 6.01. The van der Waals surface area contributed by atoms with Gasteiger partial charge in [-0.3, -0.25) is 25.0 Å². The van der Waals surface area contributed by atoms with E-state index in [0.29, 0.717) is 4.90 Å². The minimum Gasteiger partial charge on any atom is -0.504 e. The molecule has 2 N–H and O–H groups in total. The van der Waals surface area contributed by atoms with Gasteiger partial charge in [0.25, 0.3) is 17.5 Å². The van der Waals surface area contributed by atoms with E-state index in [-0.39, 0.29) is 23.6 Å². The smallest absolute Gasteiger partial charge is 0.335 e. The first-order valence-corrected chi connectivity index (χ1v) is 8.54. The molecule has 0 radical (unpaired) electrons. The van der Waals surface area contributed by atoms with Gasteiger partial charge in [0.15, 0.2) is 11.5 Å².